The van der Waals surface area contributed by atoms with E-state index in [9.17, 15) is 0 Å². The number of hydrogen-bond acceptors (Lipinski definition) is 1. The van der Waals surface area contributed by atoms with Crippen molar-refractivity contribution in [3.05, 3.63) is 34.9 Å². The van der Waals surface area contributed by atoms with E-state index in [1.165, 1.54) is 16.7 Å². The topological polar surface area (TPSA) is 26.0 Å². The molecule has 0 bridgehead atoms. The molecular formula is C12H19N. The standard InChI is InChI=1S/C12H19N/c1-8-6-5-7-12(9(8)2)10(3)11(4)13/h5-7,10-11H,13H2,1-4H3. The molecule has 0 saturated carbocycles. The molecule has 0 heterocycles. The summed E-state index contributed by atoms with van der Waals surface area (Å²) in [7, 11) is 0. The summed E-state index contributed by atoms with van der Waals surface area (Å²) in [5, 5.41) is 0. The SMILES string of the molecule is Cc1cccc(C(C)C(C)N)c1C. The van der Waals surface area contributed by atoms with Gasteiger partial charge in [0.05, 0.1) is 0 Å². The summed E-state index contributed by atoms with van der Waals surface area (Å²) >= 11 is 0. The minimum Gasteiger partial charge on any atom is -0.327 e. The molecule has 13 heavy (non-hydrogen) atoms. The molecule has 2 N–H and O–H groups in total. The highest BCUT2D eigenvalue weighted by molar-refractivity contribution is 5.35. The van der Waals surface area contributed by atoms with E-state index in [0.29, 0.717) is 5.92 Å². The number of rotatable bonds is 2. The maximum atomic E-state index is 5.89. The molecule has 0 spiro atoms. The molecule has 1 rings (SSSR count). The van der Waals surface area contributed by atoms with Gasteiger partial charge >= 0.3 is 0 Å². The van der Waals surface area contributed by atoms with Crippen LogP contribution in [-0.2, 0) is 0 Å². The summed E-state index contributed by atoms with van der Waals surface area (Å²) in [6.45, 7) is 8.56. The van der Waals surface area contributed by atoms with Gasteiger partial charge in [-0.2, -0.15) is 0 Å². The van der Waals surface area contributed by atoms with E-state index in [1.54, 1.807) is 0 Å². The lowest BCUT2D eigenvalue weighted by atomic mass is 9.89. The molecule has 0 aliphatic carbocycles. The summed E-state index contributed by atoms with van der Waals surface area (Å²) in [5.41, 5.74) is 10.0. The van der Waals surface area contributed by atoms with E-state index in [1.807, 2.05) is 0 Å². The van der Waals surface area contributed by atoms with E-state index < -0.39 is 0 Å². The fourth-order valence-electron chi connectivity index (χ4n) is 1.55. The molecule has 2 unspecified atom stereocenters. The average molecular weight is 177 g/mol. The second-order valence-electron chi connectivity index (χ2n) is 3.94. The fraction of sp³-hybridized carbons (Fsp3) is 0.500. The normalized spacial score (nSPS) is 15.5. The Morgan fingerprint density at radius 1 is 1.15 bits per heavy atom. The van der Waals surface area contributed by atoms with Gasteiger partial charge in [-0.05, 0) is 43.4 Å². The third-order valence-corrected chi connectivity index (χ3v) is 2.93. The molecule has 1 aromatic rings. The minimum atomic E-state index is 0.223. The maximum absolute atomic E-state index is 5.89. The first-order chi connectivity index (χ1) is 6.04. The molecule has 1 heteroatoms. The minimum absolute atomic E-state index is 0.223. The van der Waals surface area contributed by atoms with Crippen LogP contribution >= 0.6 is 0 Å². The Morgan fingerprint density at radius 3 is 2.31 bits per heavy atom. The number of hydrogen-bond donors (Lipinski definition) is 1. The first-order valence-corrected chi connectivity index (χ1v) is 4.85. The van der Waals surface area contributed by atoms with Crippen LogP contribution in [0.1, 0.15) is 36.5 Å². The molecule has 0 aliphatic rings. The number of aryl methyl sites for hydroxylation is 1. The molecule has 72 valence electrons. The Balaban J connectivity index is 3.07. The van der Waals surface area contributed by atoms with Crippen LogP contribution < -0.4 is 5.73 Å². The van der Waals surface area contributed by atoms with Crippen molar-refractivity contribution >= 4 is 0 Å². The summed E-state index contributed by atoms with van der Waals surface area (Å²) in [6.07, 6.45) is 0. The molecule has 0 saturated heterocycles. The third-order valence-electron chi connectivity index (χ3n) is 2.93. The summed E-state index contributed by atoms with van der Waals surface area (Å²) in [5.74, 6) is 0.444. The van der Waals surface area contributed by atoms with Gasteiger partial charge in [0, 0.05) is 6.04 Å². The van der Waals surface area contributed by atoms with Gasteiger partial charge in [0.2, 0.25) is 0 Å². The van der Waals surface area contributed by atoms with Crippen LogP contribution in [0.4, 0.5) is 0 Å². The molecule has 0 aromatic heterocycles. The fourth-order valence-corrected chi connectivity index (χ4v) is 1.55. The van der Waals surface area contributed by atoms with E-state index >= 15 is 0 Å². The van der Waals surface area contributed by atoms with Crippen molar-refractivity contribution in [2.24, 2.45) is 5.73 Å². The Kier molecular flexibility index (Phi) is 3.10. The van der Waals surface area contributed by atoms with E-state index in [2.05, 4.69) is 45.9 Å². The third kappa shape index (κ3) is 2.10. The first kappa shape index (κ1) is 10.3. The summed E-state index contributed by atoms with van der Waals surface area (Å²) in [6, 6.07) is 6.65. The highest BCUT2D eigenvalue weighted by atomic mass is 14.6. The van der Waals surface area contributed by atoms with Gasteiger partial charge in [-0.3, -0.25) is 0 Å². The lowest BCUT2D eigenvalue weighted by molar-refractivity contribution is 0.610. The van der Waals surface area contributed by atoms with Crippen molar-refractivity contribution in [3.8, 4) is 0 Å². The van der Waals surface area contributed by atoms with Crippen LogP contribution in [0, 0.1) is 13.8 Å². The van der Waals surface area contributed by atoms with Crippen molar-refractivity contribution in [2.75, 3.05) is 0 Å². The lowest BCUT2D eigenvalue weighted by Gasteiger charge is -2.19. The maximum Gasteiger partial charge on any atom is 0.00767 e. The second kappa shape index (κ2) is 3.93. The monoisotopic (exact) mass is 177 g/mol. The van der Waals surface area contributed by atoms with Crippen molar-refractivity contribution < 1.29 is 0 Å². The Morgan fingerprint density at radius 2 is 1.77 bits per heavy atom. The zero-order chi connectivity index (χ0) is 10.0. The smallest absolute Gasteiger partial charge is 0.00767 e. The highest BCUT2D eigenvalue weighted by Crippen LogP contribution is 2.23. The molecule has 1 nitrogen and oxygen atoms in total. The van der Waals surface area contributed by atoms with Gasteiger partial charge < -0.3 is 5.73 Å². The Labute approximate surface area is 81.0 Å². The molecule has 0 amide bonds. The van der Waals surface area contributed by atoms with Crippen molar-refractivity contribution in [3.63, 3.8) is 0 Å². The summed E-state index contributed by atoms with van der Waals surface area (Å²) < 4.78 is 0. The van der Waals surface area contributed by atoms with Gasteiger partial charge in [-0.15, -0.1) is 0 Å². The Hall–Kier alpha value is -0.820. The molecule has 0 aliphatic heterocycles. The van der Waals surface area contributed by atoms with Crippen LogP contribution in [0.3, 0.4) is 0 Å². The van der Waals surface area contributed by atoms with Crippen LogP contribution in [0.25, 0.3) is 0 Å². The zero-order valence-corrected chi connectivity index (χ0v) is 8.96. The molecule has 0 radical (unpaired) electrons. The lowest BCUT2D eigenvalue weighted by Crippen LogP contribution is -2.23. The van der Waals surface area contributed by atoms with Crippen LogP contribution in [0.2, 0.25) is 0 Å². The molecule has 0 fully saturated rings. The van der Waals surface area contributed by atoms with Crippen molar-refractivity contribution in [2.45, 2.75) is 39.7 Å². The Bertz CT molecular complexity index is 289. The predicted molar refractivity (Wildman–Crippen MR) is 58.0 cm³/mol. The van der Waals surface area contributed by atoms with Gasteiger partial charge in [0.1, 0.15) is 0 Å². The highest BCUT2D eigenvalue weighted by Gasteiger charge is 2.12. The van der Waals surface area contributed by atoms with Crippen LogP contribution in [0.5, 0.6) is 0 Å². The second-order valence-corrected chi connectivity index (χ2v) is 3.94. The first-order valence-electron chi connectivity index (χ1n) is 4.85. The quantitative estimate of drug-likeness (QED) is 0.738. The van der Waals surface area contributed by atoms with Crippen LogP contribution in [0.15, 0.2) is 18.2 Å². The molecular weight excluding hydrogens is 158 g/mol. The largest absolute Gasteiger partial charge is 0.327 e. The van der Waals surface area contributed by atoms with E-state index in [-0.39, 0.29) is 6.04 Å². The van der Waals surface area contributed by atoms with Gasteiger partial charge in [-0.25, -0.2) is 0 Å². The van der Waals surface area contributed by atoms with E-state index in [4.69, 9.17) is 5.73 Å². The zero-order valence-electron chi connectivity index (χ0n) is 8.96. The van der Waals surface area contributed by atoms with Crippen molar-refractivity contribution in [1.82, 2.24) is 0 Å². The number of nitrogens with two attached hydrogens (primary N) is 1. The van der Waals surface area contributed by atoms with E-state index in [0.717, 1.165) is 0 Å². The van der Waals surface area contributed by atoms with Gasteiger partial charge in [0.25, 0.3) is 0 Å². The molecule has 2 atom stereocenters. The predicted octanol–water partition coefficient (Wildman–Crippen LogP) is 2.75. The van der Waals surface area contributed by atoms with Gasteiger partial charge in [-0.1, -0.05) is 25.1 Å². The van der Waals surface area contributed by atoms with Crippen molar-refractivity contribution in [1.29, 1.82) is 0 Å². The van der Waals surface area contributed by atoms with Gasteiger partial charge in [0.15, 0.2) is 0 Å². The molecule has 1 aromatic carbocycles. The number of benzene rings is 1. The van der Waals surface area contributed by atoms with Crippen LogP contribution in [-0.4, -0.2) is 6.04 Å². The summed E-state index contributed by atoms with van der Waals surface area (Å²) in [4.78, 5) is 0. The average Bonchev–Trinajstić information content (AvgIpc) is 2.08.